The largest absolute Gasteiger partial charge is 0.325 e. The van der Waals surface area contributed by atoms with Gasteiger partial charge in [0.25, 0.3) is 11.2 Å². The van der Waals surface area contributed by atoms with Crippen LogP contribution in [0.4, 0.5) is 11.4 Å². The first-order valence-corrected chi connectivity index (χ1v) is 6.17. The van der Waals surface area contributed by atoms with E-state index >= 15 is 0 Å². The molecule has 0 aliphatic rings. The summed E-state index contributed by atoms with van der Waals surface area (Å²) in [6, 6.07) is 8.55. The maximum Gasteiger partial charge on any atom is 0.269 e. The van der Waals surface area contributed by atoms with E-state index in [-0.39, 0.29) is 23.7 Å². The minimum atomic E-state index is -0.516. The van der Waals surface area contributed by atoms with Crippen molar-refractivity contribution in [3.8, 4) is 0 Å². The highest BCUT2D eigenvalue weighted by molar-refractivity contribution is 5.90. The van der Waals surface area contributed by atoms with Crippen LogP contribution in [0.2, 0.25) is 0 Å². The molecule has 0 radical (unpaired) electrons. The second kappa shape index (κ2) is 6.00. The molecule has 0 aliphatic carbocycles. The van der Waals surface area contributed by atoms with E-state index in [1.165, 1.54) is 34.9 Å². The van der Waals surface area contributed by atoms with Crippen molar-refractivity contribution >= 4 is 17.3 Å². The molecular weight excluding hydrogens is 274 g/mol. The number of anilines is 1. The number of carbonyl (C=O) groups is 1. The molecule has 21 heavy (non-hydrogen) atoms. The van der Waals surface area contributed by atoms with E-state index in [1.54, 1.807) is 12.3 Å². The SMILES string of the molecule is Cc1ccc(=O)n(CC(=O)Nc2ccc([N+](=O)[O-])cc2)c1. The molecule has 1 aromatic heterocycles. The van der Waals surface area contributed by atoms with Gasteiger partial charge in [-0.2, -0.15) is 0 Å². The van der Waals surface area contributed by atoms with E-state index in [2.05, 4.69) is 5.32 Å². The molecule has 2 aromatic rings. The van der Waals surface area contributed by atoms with Crippen molar-refractivity contribution in [2.75, 3.05) is 5.32 Å². The number of nitro groups is 1. The summed E-state index contributed by atoms with van der Waals surface area (Å²) in [6.45, 7) is 1.71. The molecule has 0 fully saturated rings. The molecule has 0 unspecified atom stereocenters. The zero-order chi connectivity index (χ0) is 15.4. The van der Waals surface area contributed by atoms with Crippen LogP contribution in [-0.2, 0) is 11.3 Å². The van der Waals surface area contributed by atoms with E-state index in [0.29, 0.717) is 5.69 Å². The molecule has 2 rings (SSSR count). The number of pyridine rings is 1. The smallest absolute Gasteiger partial charge is 0.269 e. The molecule has 1 N–H and O–H groups in total. The summed E-state index contributed by atoms with van der Waals surface area (Å²) in [4.78, 5) is 33.5. The van der Waals surface area contributed by atoms with Gasteiger partial charge in [0.2, 0.25) is 5.91 Å². The predicted molar refractivity (Wildman–Crippen MR) is 77.2 cm³/mol. The van der Waals surface area contributed by atoms with Gasteiger partial charge in [-0.25, -0.2) is 0 Å². The molecular formula is C14H13N3O4. The number of rotatable bonds is 4. The normalized spacial score (nSPS) is 10.1. The molecule has 7 nitrogen and oxygen atoms in total. The number of non-ortho nitro benzene ring substituents is 1. The molecule has 108 valence electrons. The summed E-state index contributed by atoms with van der Waals surface area (Å²) in [5.74, 6) is -0.378. The molecule has 1 aromatic carbocycles. The minimum Gasteiger partial charge on any atom is -0.325 e. The number of hydrogen-bond donors (Lipinski definition) is 1. The second-order valence-corrected chi connectivity index (χ2v) is 4.52. The van der Waals surface area contributed by atoms with Crippen molar-refractivity contribution < 1.29 is 9.72 Å². The summed E-state index contributed by atoms with van der Waals surface area (Å²) < 4.78 is 1.30. The summed E-state index contributed by atoms with van der Waals surface area (Å²) >= 11 is 0. The zero-order valence-corrected chi connectivity index (χ0v) is 11.3. The third-order valence-corrected chi connectivity index (χ3v) is 2.81. The molecule has 1 amide bonds. The molecule has 0 aliphatic heterocycles. The van der Waals surface area contributed by atoms with Crippen LogP contribution >= 0.6 is 0 Å². The Labute approximate surface area is 120 Å². The third kappa shape index (κ3) is 3.75. The van der Waals surface area contributed by atoms with Crippen molar-refractivity contribution in [2.24, 2.45) is 0 Å². The van der Waals surface area contributed by atoms with Gasteiger partial charge in [-0.15, -0.1) is 0 Å². The van der Waals surface area contributed by atoms with Crippen molar-refractivity contribution in [3.63, 3.8) is 0 Å². The Balaban J connectivity index is 2.06. The Hall–Kier alpha value is -2.96. The first-order valence-electron chi connectivity index (χ1n) is 6.17. The Kier molecular flexibility index (Phi) is 4.13. The number of amides is 1. The first kappa shape index (κ1) is 14.4. The van der Waals surface area contributed by atoms with Gasteiger partial charge in [-0.05, 0) is 24.6 Å². The number of hydrogen-bond acceptors (Lipinski definition) is 4. The average molecular weight is 287 g/mol. The summed E-state index contributed by atoms with van der Waals surface area (Å²) in [7, 11) is 0. The Morgan fingerprint density at radius 1 is 1.24 bits per heavy atom. The standard InChI is InChI=1S/C14H13N3O4/c1-10-2-7-14(19)16(8-10)9-13(18)15-11-3-5-12(6-4-11)17(20)21/h2-8H,9H2,1H3,(H,15,18). The molecule has 0 bridgehead atoms. The van der Waals surface area contributed by atoms with Gasteiger partial charge in [0.15, 0.2) is 0 Å². The summed E-state index contributed by atoms with van der Waals surface area (Å²) in [5.41, 5.74) is 0.992. The number of carbonyl (C=O) groups excluding carboxylic acids is 1. The average Bonchev–Trinajstić information content (AvgIpc) is 2.43. The highest BCUT2D eigenvalue weighted by atomic mass is 16.6. The van der Waals surface area contributed by atoms with Gasteiger partial charge in [0.1, 0.15) is 6.54 Å². The quantitative estimate of drug-likeness (QED) is 0.684. The maximum atomic E-state index is 11.9. The lowest BCUT2D eigenvalue weighted by molar-refractivity contribution is -0.384. The molecule has 7 heteroatoms. The van der Waals surface area contributed by atoms with Crippen molar-refractivity contribution in [3.05, 3.63) is 68.6 Å². The Morgan fingerprint density at radius 3 is 2.52 bits per heavy atom. The fourth-order valence-corrected chi connectivity index (χ4v) is 1.80. The van der Waals surface area contributed by atoms with Crippen LogP contribution in [0.15, 0.2) is 47.4 Å². The molecule has 1 heterocycles. The minimum absolute atomic E-state index is 0.0529. The number of nitrogens with one attached hydrogen (secondary N) is 1. The highest BCUT2D eigenvalue weighted by Crippen LogP contribution is 2.15. The van der Waals surface area contributed by atoms with Gasteiger partial charge in [-0.1, -0.05) is 6.07 Å². The molecule has 0 saturated carbocycles. The van der Waals surface area contributed by atoms with Crippen LogP contribution in [0.5, 0.6) is 0 Å². The summed E-state index contributed by atoms with van der Waals surface area (Å²) in [6.07, 6.45) is 1.59. The molecule has 0 atom stereocenters. The number of nitro benzene ring substituents is 1. The topological polar surface area (TPSA) is 94.2 Å². The van der Waals surface area contributed by atoms with E-state index in [9.17, 15) is 19.7 Å². The van der Waals surface area contributed by atoms with Gasteiger partial charge in [-0.3, -0.25) is 19.7 Å². The number of nitrogens with zero attached hydrogens (tertiary/aromatic N) is 2. The lowest BCUT2D eigenvalue weighted by atomic mass is 10.3. The number of benzene rings is 1. The second-order valence-electron chi connectivity index (χ2n) is 4.52. The molecule has 0 spiro atoms. The lowest BCUT2D eigenvalue weighted by Crippen LogP contribution is -2.26. The zero-order valence-electron chi connectivity index (χ0n) is 11.3. The predicted octanol–water partition coefficient (Wildman–Crippen LogP) is 1.70. The Morgan fingerprint density at radius 2 is 1.90 bits per heavy atom. The Bertz CT molecular complexity index is 735. The van der Waals surface area contributed by atoms with Crippen LogP contribution in [0.1, 0.15) is 5.56 Å². The molecule has 0 saturated heterocycles. The fourth-order valence-electron chi connectivity index (χ4n) is 1.80. The first-order chi connectivity index (χ1) is 9.95. The highest BCUT2D eigenvalue weighted by Gasteiger charge is 2.07. The van der Waals surface area contributed by atoms with E-state index in [0.717, 1.165) is 5.56 Å². The van der Waals surface area contributed by atoms with Crippen molar-refractivity contribution in [1.82, 2.24) is 4.57 Å². The van der Waals surface area contributed by atoms with Crippen LogP contribution < -0.4 is 10.9 Å². The van der Waals surface area contributed by atoms with Crippen LogP contribution in [0.3, 0.4) is 0 Å². The van der Waals surface area contributed by atoms with Gasteiger partial charge in [0.05, 0.1) is 4.92 Å². The van der Waals surface area contributed by atoms with Crippen molar-refractivity contribution in [1.29, 1.82) is 0 Å². The number of aromatic nitrogens is 1. The monoisotopic (exact) mass is 287 g/mol. The maximum absolute atomic E-state index is 11.9. The van der Waals surface area contributed by atoms with Crippen LogP contribution in [-0.4, -0.2) is 15.4 Å². The van der Waals surface area contributed by atoms with Gasteiger partial charge < -0.3 is 9.88 Å². The van der Waals surface area contributed by atoms with Gasteiger partial charge in [0, 0.05) is 30.1 Å². The summed E-state index contributed by atoms with van der Waals surface area (Å²) in [5, 5.41) is 13.1. The van der Waals surface area contributed by atoms with Crippen LogP contribution in [0.25, 0.3) is 0 Å². The lowest BCUT2D eigenvalue weighted by Gasteiger charge is -2.07. The van der Waals surface area contributed by atoms with Crippen LogP contribution in [0, 0.1) is 17.0 Å². The van der Waals surface area contributed by atoms with E-state index < -0.39 is 4.92 Å². The fraction of sp³-hybridized carbons (Fsp3) is 0.143. The van der Waals surface area contributed by atoms with E-state index in [1.807, 2.05) is 6.92 Å². The van der Waals surface area contributed by atoms with E-state index in [4.69, 9.17) is 0 Å². The van der Waals surface area contributed by atoms with Gasteiger partial charge >= 0.3 is 0 Å². The van der Waals surface area contributed by atoms with Crippen molar-refractivity contribution in [2.45, 2.75) is 13.5 Å². The number of aryl methyl sites for hydroxylation is 1. The third-order valence-electron chi connectivity index (χ3n) is 2.81.